The van der Waals surface area contributed by atoms with Crippen molar-refractivity contribution in [3.8, 4) is 0 Å². The fraction of sp³-hybridized carbons (Fsp3) is 0.409. The van der Waals surface area contributed by atoms with Crippen LogP contribution in [-0.2, 0) is 17.9 Å². The Hall–Kier alpha value is -2.71. The molecule has 1 aliphatic rings. The minimum atomic E-state index is -4.89. The molecule has 2 N–H and O–H groups in total. The molecule has 0 aromatic heterocycles. The molecular formula is C22H22F6N2O. The van der Waals surface area contributed by atoms with Crippen molar-refractivity contribution < 1.29 is 31.1 Å². The number of benzene rings is 2. The van der Waals surface area contributed by atoms with E-state index in [1.807, 2.05) is 25.1 Å². The quantitative estimate of drug-likeness (QED) is 0.530. The number of rotatable bonds is 5. The summed E-state index contributed by atoms with van der Waals surface area (Å²) in [4.78, 5) is 12.0. The summed E-state index contributed by atoms with van der Waals surface area (Å²) in [6, 6.07) is 10.1. The van der Waals surface area contributed by atoms with E-state index in [-0.39, 0.29) is 30.1 Å². The van der Waals surface area contributed by atoms with Crippen LogP contribution in [0.25, 0.3) is 0 Å². The van der Waals surface area contributed by atoms with Gasteiger partial charge in [0.1, 0.15) is 0 Å². The van der Waals surface area contributed by atoms with Crippen molar-refractivity contribution in [3.05, 3.63) is 70.8 Å². The van der Waals surface area contributed by atoms with Crippen molar-refractivity contribution >= 4 is 6.03 Å². The molecule has 1 saturated heterocycles. The van der Waals surface area contributed by atoms with Crippen LogP contribution in [0.3, 0.4) is 0 Å². The normalized spacial score (nSPS) is 22.7. The van der Waals surface area contributed by atoms with Gasteiger partial charge in [-0.05, 0) is 55.0 Å². The number of halogens is 6. The monoisotopic (exact) mass is 444 g/mol. The second-order valence-corrected chi connectivity index (χ2v) is 7.94. The Morgan fingerprint density at radius 1 is 0.968 bits per heavy atom. The molecule has 0 bridgehead atoms. The summed E-state index contributed by atoms with van der Waals surface area (Å²) < 4.78 is 79.1. The van der Waals surface area contributed by atoms with Crippen molar-refractivity contribution in [3.63, 3.8) is 0 Å². The van der Waals surface area contributed by atoms with Gasteiger partial charge in [0.2, 0.25) is 0 Å². The van der Waals surface area contributed by atoms with Crippen molar-refractivity contribution in [2.75, 3.05) is 0 Å². The smallest absolute Gasteiger partial charge is 0.333 e. The Kier molecular flexibility index (Phi) is 5.99. The highest BCUT2D eigenvalue weighted by Crippen LogP contribution is 2.40. The third kappa shape index (κ3) is 4.80. The number of carbonyl (C=O) groups is 1. The van der Waals surface area contributed by atoms with Gasteiger partial charge in [-0.1, -0.05) is 37.3 Å². The number of hydrogen-bond acceptors (Lipinski definition) is 1. The summed E-state index contributed by atoms with van der Waals surface area (Å²) in [6.07, 6.45) is -9.19. The fourth-order valence-electron chi connectivity index (χ4n) is 4.02. The lowest BCUT2D eigenvalue weighted by atomic mass is 9.78. The maximum absolute atomic E-state index is 13.2. The van der Waals surface area contributed by atoms with Gasteiger partial charge in [-0.3, -0.25) is 0 Å². The molecule has 0 aliphatic carbocycles. The zero-order valence-corrected chi connectivity index (χ0v) is 16.9. The molecule has 3 unspecified atom stereocenters. The highest BCUT2D eigenvalue weighted by molar-refractivity contribution is 5.79. The molecule has 3 nitrogen and oxygen atoms in total. The van der Waals surface area contributed by atoms with E-state index >= 15 is 0 Å². The van der Waals surface area contributed by atoms with Gasteiger partial charge in [-0.25, -0.2) is 4.79 Å². The van der Waals surface area contributed by atoms with Gasteiger partial charge in [-0.15, -0.1) is 0 Å². The Morgan fingerprint density at radius 2 is 1.52 bits per heavy atom. The maximum atomic E-state index is 13.2. The maximum Gasteiger partial charge on any atom is 0.416 e. The standard InChI is InChI=1S/C22H22F6N2O/c1-13(15-10-17(21(23,24)25)12-18(11-15)22(26,27)28)8-9-20(14(2)29-19(31)30-20)16-6-4-3-5-7-16/h3-7,10-14H,8-9H2,1-2H3,(H2,29,30,31). The molecule has 1 fully saturated rings. The number of alkyl halides is 6. The molecule has 1 heterocycles. The Bertz CT molecular complexity index is 909. The predicted molar refractivity (Wildman–Crippen MR) is 103 cm³/mol. The van der Waals surface area contributed by atoms with Crippen LogP contribution < -0.4 is 10.6 Å². The van der Waals surface area contributed by atoms with Crippen LogP contribution in [0.1, 0.15) is 54.9 Å². The van der Waals surface area contributed by atoms with Crippen molar-refractivity contribution in [1.29, 1.82) is 0 Å². The Balaban J connectivity index is 1.92. The minimum absolute atomic E-state index is 0.0460. The summed E-state index contributed by atoms with van der Waals surface area (Å²) in [5, 5.41) is 5.68. The SMILES string of the molecule is CC(CCC1(c2ccccc2)NC(=O)NC1C)c1cc(C(F)(F)F)cc(C(F)(F)F)c1. The highest BCUT2D eigenvalue weighted by Gasteiger charge is 2.45. The van der Waals surface area contributed by atoms with Gasteiger partial charge < -0.3 is 10.6 Å². The topological polar surface area (TPSA) is 41.1 Å². The van der Waals surface area contributed by atoms with Crippen LogP contribution in [-0.4, -0.2) is 12.1 Å². The van der Waals surface area contributed by atoms with E-state index in [0.29, 0.717) is 6.42 Å². The molecule has 2 aromatic rings. The van der Waals surface area contributed by atoms with Gasteiger partial charge in [0.05, 0.1) is 22.7 Å². The molecule has 3 atom stereocenters. The van der Waals surface area contributed by atoms with Gasteiger partial charge in [0.15, 0.2) is 0 Å². The van der Waals surface area contributed by atoms with Gasteiger partial charge in [0, 0.05) is 0 Å². The second-order valence-electron chi connectivity index (χ2n) is 7.94. The number of nitrogens with one attached hydrogen (secondary N) is 2. The van der Waals surface area contributed by atoms with E-state index < -0.39 is 34.9 Å². The van der Waals surface area contributed by atoms with Crippen LogP contribution >= 0.6 is 0 Å². The Morgan fingerprint density at radius 3 is 1.97 bits per heavy atom. The van der Waals surface area contributed by atoms with Crippen molar-refractivity contribution in [1.82, 2.24) is 10.6 Å². The van der Waals surface area contributed by atoms with E-state index in [9.17, 15) is 31.1 Å². The minimum Gasteiger partial charge on any atom is -0.333 e. The number of urea groups is 1. The van der Waals surface area contributed by atoms with Crippen LogP contribution in [0.15, 0.2) is 48.5 Å². The lowest BCUT2D eigenvalue weighted by Gasteiger charge is -2.34. The molecule has 0 spiro atoms. The van der Waals surface area contributed by atoms with Gasteiger partial charge >= 0.3 is 18.4 Å². The molecule has 0 radical (unpaired) electrons. The highest BCUT2D eigenvalue weighted by atomic mass is 19.4. The third-order valence-corrected chi connectivity index (χ3v) is 5.86. The third-order valence-electron chi connectivity index (χ3n) is 5.86. The number of amides is 2. The number of carbonyl (C=O) groups excluding carboxylic acids is 1. The average molecular weight is 444 g/mol. The molecule has 9 heteroatoms. The molecule has 168 valence electrons. The lowest BCUT2D eigenvalue weighted by Crippen LogP contribution is -2.45. The summed E-state index contributed by atoms with van der Waals surface area (Å²) in [7, 11) is 0. The first-order valence-corrected chi connectivity index (χ1v) is 9.76. The summed E-state index contributed by atoms with van der Waals surface area (Å²) in [5.41, 5.74) is -2.71. The average Bonchev–Trinajstić information content (AvgIpc) is 2.99. The summed E-state index contributed by atoms with van der Waals surface area (Å²) in [5.74, 6) is -0.603. The first-order valence-electron chi connectivity index (χ1n) is 9.76. The summed E-state index contributed by atoms with van der Waals surface area (Å²) in [6.45, 7) is 3.39. The largest absolute Gasteiger partial charge is 0.416 e. The number of hydrogen-bond donors (Lipinski definition) is 2. The fourth-order valence-corrected chi connectivity index (χ4v) is 4.02. The van der Waals surface area contributed by atoms with Crippen molar-refractivity contribution in [2.24, 2.45) is 0 Å². The Labute approximate surface area is 175 Å². The zero-order chi connectivity index (χ0) is 23.0. The molecular weight excluding hydrogens is 422 g/mol. The molecule has 2 amide bonds. The molecule has 1 aliphatic heterocycles. The van der Waals surface area contributed by atoms with Gasteiger partial charge in [0.25, 0.3) is 0 Å². The van der Waals surface area contributed by atoms with E-state index in [0.717, 1.165) is 17.7 Å². The predicted octanol–water partition coefficient (Wildman–Crippen LogP) is 6.20. The zero-order valence-electron chi connectivity index (χ0n) is 16.9. The molecule has 2 aromatic carbocycles. The van der Waals surface area contributed by atoms with Crippen LogP contribution in [0, 0.1) is 0 Å². The lowest BCUT2D eigenvalue weighted by molar-refractivity contribution is -0.143. The van der Waals surface area contributed by atoms with E-state index in [4.69, 9.17) is 0 Å². The first kappa shape index (κ1) is 23.0. The molecule has 3 rings (SSSR count). The molecule has 31 heavy (non-hydrogen) atoms. The van der Waals surface area contributed by atoms with Crippen molar-refractivity contribution in [2.45, 2.75) is 56.5 Å². The van der Waals surface area contributed by atoms with Crippen LogP contribution in [0.2, 0.25) is 0 Å². The van der Waals surface area contributed by atoms with Crippen LogP contribution in [0.4, 0.5) is 31.1 Å². The van der Waals surface area contributed by atoms with E-state index in [2.05, 4.69) is 10.6 Å². The second kappa shape index (κ2) is 8.09. The van der Waals surface area contributed by atoms with E-state index in [1.54, 1.807) is 19.1 Å². The first-order chi connectivity index (χ1) is 14.3. The van der Waals surface area contributed by atoms with Gasteiger partial charge in [-0.2, -0.15) is 26.3 Å². The van der Waals surface area contributed by atoms with E-state index in [1.165, 1.54) is 0 Å². The van der Waals surface area contributed by atoms with Crippen LogP contribution in [0.5, 0.6) is 0 Å². The molecule has 0 saturated carbocycles. The summed E-state index contributed by atoms with van der Waals surface area (Å²) >= 11 is 0.